The van der Waals surface area contributed by atoms with E-state index in [0.717, 1.165) is 6.42 Å². The second-order valence-corrected chi connectivity index (χ2v) is 1.77. The molecule has 0 aromatic heterocycles. The largest absolute Gasteiger partial charge is 0.351 e. The molecular weight excluding hydrogens is 116 g/mol. The Morgan fingerprint density at radius 3 is 3.00 bits per heavy atom. The van der Waals surface area contributed by atoms with Gasteiger partial charge in [-0.05, 0) is 6.42 Å². The first-order valence-electron chi connectivity index (χ1n) is 2.73. The number of hydrogen-bond acceptors (Lipinski definition) is 2. The number of hydrogen-bond donors (Lipinski definition) is 1. The third-order valence-corrected chi connectivity index (χ3v) is 1.14. The average molecular weight is 122 g/mol. The van der Waals surface area contributed by atoms with Crippen LogP contribution in [0.1, 0.15) is 6.42 Å². The highest BCUT2D eigenvalue weighted by Crippen LogP contribution is 1.99. The number of nitrogens with one attached hydrogen (secondary N) is 1. The highest BCUT2D eigenvalue weighted by Gasteiger charge is 2.10. The Bertz CT molecular complexity index is 200. The van der Waals surface area contributed by atoms with Gasteiger partial charge in [-0.25, -0.2) is 0 Å². The molecule has 0 saturated carbocycles. The third kappa shape index (κ3) is 1.08. The van der Waals surface area contributed by atoms with Gasteiger partial charge in [0.15, 0.2) is 0 Å². The minimum absolute atomic E-state index is 0.237. The molecule has 0 bridgehead atoms. The summed E-state index contributed by atoms with van der Waals surface area (Å²) in [6.45, 7) is 0.657. The van der Waals surface area contributed by atoms with Crippen LogP contribution in [-0.4, -0.2) is 12.5 Å². The Balaban J connectivity index is 2.79. The number of carbonyl (C=O) groups is 1. The number of nitrogens with zero attached hydrogens (tertiary/aromatic N) is 1. The molecule has 1 amide bonds. The van der Waals surface area contributed by atoms with E-state index in [-0.39, 0.29) is 11.5 Å². The van der Waals surface area contributed by atoms with E-state index in [1.165, 1.54) is 0 Å². The lowest BCUT2D eigenvalue weighted by Gasteiger charge is -2.06. The molecule has 0 radical (unpaired) electrons. The van der Waals surface area contributed by atoms with Crippen molar-refractivity contribution < 1.29 is 4.79 Å². The van der Waals surface area contributed by atoms with Crippen molar-refractivity contribution in [1.29, 1.82) is 5.26 Å². The molecule has 0 aliphatic carbocycles. The maximum Gasteiger partial charge on any atom is 0.261 e. The van der Waals surface area contributed by atoms with Gasteiger partial charge in [0.1, 0.15) is 11.6 Å². The van der Waals surface area contributed by atoms with Crippen LogP contribution in [0, 0.1) is 11.3 Å². The predicted octanol–water partition coefficient (Wildman–Crippen LogP) is -0.0437. The zero-order valence-corrected chi connectivity index (χ0v) is 4.85. The second kappa shape index (κ2) is 2.31. The van der Waals surface area contributed by atoms with Crippen molar-refractivity contribution in [2.45, 2.75) is 6.42 Å². The number of amides is 1. The predicted molar refractivity (Wildman–Crippen MR) is 31.3 cm³/mol. The first-order valence-corrected chi connectivity index (χ1v) is 2.73. The number of rotatable bonds is 0. The lowest BCUT2D eigenvalue weighted by molar-refractivity contribution is -0.117. The van der Waals surface area contributed by atoms with E-state index < -0.39 is 0 Å². The maximum absolute atomic E-state index is 10.6. The zero-order valence-electron chi connectivity index (χ0n) is 4.85. The standard InChI is InChI=1S/C6H6N2O/c7-4-5-2-1-3-8-6(5)9/h2H,1,3H2,(H,8,9). The highest BCUT2D eigenvalue weighted by molar-refractivity contribution is 5.97. The molecule has 0 spiro atoms. The average Bonchev–Trinajstić information content (AvgIpc) is 1.89. The molecule has 1 aliphatic rings. The van der Waals surface area contributed by atoms with Crippen molar-refractivity contribution in [3.8, 4) is 6.07 Å². The van der Waals surface area contributed by atoms with Gasteiger partial charge >= 0.3 is 0 Å². The smallest absolute Gasteiger partial charge is 0.261 e. The summed E-state index contributed by atoms with van der Waals surface area (Å²) in [4.78, 5) is 10.6. The van der Waals surface area contributed by atoms with Crippen LogP contribution in [-0.2, 0) is 4.79 Å². The summed E-state index contributed by atoms with van der Waals surface area (Å²) >= 11 is 0. The van der Waals surface area contributed by atoms with Crippen LogP contribution in [0.4, 0.5) is 0 Å². The quantitative estimate of drug-likeness (QED) is 0.490. The molecule has 0 aromatic rings. The number of carbonyl (C=O) groups excluding carboxylic acids is 1. The van der Waals surface area contributed by atoms with Gasteiger partial charge in [-0.2, -0.15) is 5.26 Å². The van der Waals surface area contributed by atoms with Gasteiger partial charge in [-0.15, -0.1) is 0 Å². The van der Waals surface area contributed by atoms with E-state index in [1.807, 2.05) is 0 Å². The van der Waals surface area contributed by atoms with Crippen LogP contribution in [0.3, 0.4) is 0 Å². The maximum atomic E-state index is 10.6. The lowest BCUT2D eigenvalue weighted by Crippen LogP contribution is -2.28. The molecule has 9 heavy (non-hydrogen) atoms. The van der Waals surface area contributed by atoms with Crippen molar-refractivity contribution >= 4 is 5.91 Å². The third-order valence-electron chi connectivity index (χ3n) is 1.14. The van der Waals surface area contributed by atoms with Crippen molar-refractivity contribution in [2.24, 2.45) is 0 Å². The molecule has 0 saturated heterocycles. The van der Waals surface area contributed by atoms with E-state index in [4.69, 9.17) is 5.26 Å². The van der Waals surface area contributed by atoms with Gasteiger partial charge < -0.3 is 5.32 Å². The van der Waals surface area contributed by atoms with Gasteiger partial charge in [-0.1, -0.05) is 6.08 Å². The molecule has 3 heteroatoms. The van der Waals surface area contributed by atoms with Gasteiger partial charge in [0.25, 0.3) is 5.91 Å². The Hall–Kier alpha value is -1.30. The second-order valence-electron chi connectivity index (χ2n) is 1.77. The zero-order chi connectivity index (χ0) is 6.69. The summed E-state index contributed by atoms with van der Waals surface area (Å²) in [5.74, 6) is -0.247. The summed E-state index contributed by atoms with van der Waals surface area (Å²) in [5, 5.41) is 10.8. The molecule has 0 fully saturated rings. The lowest BCUT2D eigenvalue weighted by atomic mass is 10.2. The molecule has 0 unspecified atom stereocenters. The first kappa shape index (κ1) is 5.83. The Kier molecular flexibility index (Phi) is 1.50. The van der Waals surface area contributed by atoms with E-state index in [2.05, 4.69) is 5.32 Å². The summed E-state index contributed by atoms with van der Waals surface area (Å²) in [6, 6.07) is 1.80. The van der Waals surface area contributed by atoms with Crippen LogP contribution in [0.2, 0.25) is 0 Å². The Morgan fingerprint density at radius 2 is 2.56 bits per heavy atom. The van der Waals surface area contributed by atoms with E-state index in [9.17, 15) is 4.79 Å². The minimum Gasteiger partial charge on any atom is -0.351 e. The normalized spacial score (nSPS) is 17.7. The molecule has 0 atom stereocenters. The Morgan fingerprint density at radius 1 is 1.78 bits per heavy atom. The summed E-state index contributed by atoms with van der Waals surface area (Å²) in [7, 11) is 0. The first-order chi connectivity index (χ1) is 4.34. The molecule has 3 nitrogen and oxygen atoms in total. The fourth-order valence-corrected chi connectivity index (χ4v) is 0.687. The van der Waals surface area contributed by atoms with Crippen LogP contribution in [0.15, 0.2) is 11.6 Å². The van der Waals surface area contributed by atoms with Crippen LogP contribution >= 0.6 is 0 Å². The topological polar surface area (TPSA) is 52.9 Å². The SMILES string of the molecule is N#CC1=CCCNC1=O. The van der Waals surface area contributed by atoms with Crippen molar-refractivity contribution in [3.05, 3.63) is 11.6 Å². The van der Waals surface area contributed by atoms with E-state index >= 15 is 0 Å². The van der Waals surface area contributed by atoms with Gasteiger partial charge in [-0.3, -0.25) is 4.79 Å². The van der Waals surface area contributed by atoms with Gasteiger partial charge in [0, 0.05) is 6.54 Å². The van der Waals surface area contributed by atoms with Gasteiger partial charge in [0.05, 0.1) is 0 Å². The van der Waals surface area contributed by atoms with Crippen molar-refractivity contribution in [1.82, 2.24) is 5.32 Å². The van der Waals surface area contributed by atoms with Crippen LogP contribution < -0.4 is 5.32 Å². The Labute approximate surface area is 53.0 Å². The highest BCUT2D eigenvalue weighted by atomic mass is 16.1. The molecule has 1 N–H and O–H groups in total. The van der Waals surface area contributed by atoms with E-state index in [0.29, 0.717) is 6.54 Å². The fourth-order valence-electron chi connectivity index (χ4n) is 0.687. The van der Waals surface area contributed by atoms with Gasteiger partial charge in [0.2, 0.25) is 0 Å². The molecule has 0 aromatic carbocycles. The van der Waals surface area contributed by atoms with Crippen molar-refractivity contribution in [2.75, 3.05) is 6.54 Å². The fraction of sp³-hybridized carbons (Fsp3) is 0.333. The number of nitriles is 1. The van der Waals surface area contributed by atoms with Crippen LogP contribution in [0.25, 0.3) is 0 Å². The van der Waals surface area contributed by atoms with Crippen LogP contribution in [0.5, 0.6) is 0 Å². The molecule has 1 heterocycles. The van der Waals surface area contributed by atoms with E-state index in [1.54, 1.807) is 12.1 Å². The molecule has 1 aliphatic heterocycles. The summed E-state index contributed by atoms with van der Waals surface area (Å²) < 4.78 is 0. The monoisotopic (exact) mass is 122 g/mol. The summed E-state index contributed by atoms with van der Waals surface area (Å²) in [5.41, 5.74) is 0.237. The minimum atomic E-state index is -0.247. The summed E-state index contributed by atoms with van der Waals surface area (Å²) in [6.07, 6.45) is 2.42. The molecule has 46 valence electrons. The molecule has 1 rings (SSSR count). The molecular formula is C6H6N2O. The van der Waals surface area contributed by atoms with Crippen molar-refractivity contribution in [3.63, 3.8) is 0 Å².